The molecule has 0 unspecified atom stereocenters. The molecule has 0 spiro atoms. The van der Waals surface area contributed by atoms with E-state index in [1.807, 2.05) is 24.3 Å². The number of carbonyl (C=O) groups is 1. The first kappa shape index (κ1) is 17.7. The van der Waals surface area contributed by atoms with Gasteiger partial charge < -0.3 is 14.8 Å². The molecule has 6 heteroatoms. The van der Waals surface area contributed by atoms with Crippen molar-refractivity contribution in [3.05, 3.63) is 75.4 Å². The molecule has 3 aromatic rings. The third-order valence-electron chi connectivity index (χ3n) is 3.61. The van der Waals surface area contributed by atoms with Gasteiger partial charge in [-0.3, -0.25) is 4.79 Å². The van der Waals surface area contributed by atoms with E-state index in [4.69, 9.17) is 21.1 Å². The number of aliphatic hydroxyl groups is 1. The first-order valence-corrected chi connectivity index (χ1v) is 8.76. The normalized spacial score (nSPS) is 10.7. The third kappa shape index (κ3) is 4.51. The van der Waals surface area contributed by atoms with Crippen LogP contribution in [0.2, 0.25) is 5.02 Å². The molecule has 2 aromatic carbocycles. The molecule has 4 nitrogen and oxygen atoms in total. The molecule has 0 bridgehead atoms. The summed E-state index contributed by atoms with van der Waals surface area (Å²) in [6, 6.07) is 16.2. The zero-order valence-corrected chi connectivity index (χ0v) is 15.5. The van der Waals surface area contributed by atoms with Crippen molar-refractivity contribution in [2.45, 2.75) is 13.0 Å². The predicted octanol–water partition coefficient (Wildman–Crippen LogP) is 5.04. The lowest BCUT2D eigenvalue weighted by molar-refractivity contribution is -0.115. The summed E-state index contributed by atoms with van der Waals surface area (Å²) in [5.41, 5.74) is 2.21. The van der Waals surface area contributed by atoms with E-state index in [2.05, 4.69) is 21.2 Å². The van der Waals surface area contributed by atoms with Crippen molar-refractivity contribution in [1.82, 2.24) is 0 Å². The van der Waals surface area contributed by atoms with Gasteiger partial charge in [0.25, 0.3) is 0 Å². The number of benzene rings is 2. The van der Waals surface area contributed by atoms with Crippen molar-refractivity contribution in [2.75, 3.05) is 5.32 Å². The number of nitrogens with one attached hydrogen (secondary N) is 1. The molecule has 0 aliphatic carbocycles. The Balaban J connectivity index is 1.75. The van der Waals surface area contributed by atoms with E-state index >= 15 is 0 Å². The molecular formula is C19H15BrClNO3. The Bertz CT molecular complexity index is 890. The van der Waals surface area contributed by atoms with E-state index in [1.54, 1.807) is 30.3 Å². The zero-order chi connectivity index (χ0) is 17.8. The predicted molar refractivity (Wildman–Crippen MR) is 102 cm³/mol. The lowest BCUT2D eigenvalue weighted by Crippen LogP contribution is -2.14. The minimum absolute atomic E-state index is 0.119. The maximum atomic E-state index is 12.2. The zero-order valence-electron chi connectivity index (χ0n) is 13.1. The van der Waals surface area contributed by atoms with Crippen LogP contribution in [0.3, 0.4) is 0 Å². The summed E-state index contributed by atoms with van der Waals surface area (Å²) >= 11 is 9.60. The van der Waals surface area contributed by atoms with Crippen molar-refractivity contribution in [1.29, 1.82) is 0 Å². The number of halogens is 2. The molecule has 0 aliphatic rings. The van der Waals surface area contributed by atoms with Gasteiger partial charge in [-0.05, 0) is 48.0 Å². The smallest absolute Gasteiger partial charge is 0.228 e. The fourth-order valence-electron chi connectivity index (χ4n) is 2.39. The standard InChI is InChI=1S/C19H15BrClNO3/c20-13-3-1-12(2-4-13)9-19(24)22-14-5-7-17(21)16(10-14)18-8-6-15(11-23)25-18/h1-8,10,23H,9,11H2,(H,22,24). The molecule has 3 rings (SSSR count). The maximum absolute atomic E-state index is 12.2. The molecule has 0 saturated carbocycles. The SMILES string of the molecule is O=C(Cc1ccc(Br)cc1)Nc1ccc(Cl)c(-c2ccc(CO)o2)c1. The van der Waals surface area contributed by atoms with Crippen LogP contribution >= 0.6 is 27.5 Å². The first-order valence-electron chi connectivity index (χ1n) is 7.59. The fourth-order valence-corrected chi connectivity index (χ4v) is 2.87. The summed E-state index contributed by atoms with van der Waals surface area (Å²) < 4.78 is 6.49. The lowest BCUT2D eigenvalue weighted by atomic mass is 10.1. The molecule has 1 aromatic heterocycles. The highest BCUT2D eigenvalue weighted by Crippen LogP contribution is 2.32. The molecule has 0 saturated heterocycles. The Morgan fingerprint density at radius 1 is 1.12 bits per heavy atom. The number of rotatable bonds is 5. The van der Waals surface area contributed by atoms with Crippen LogP contribution in [0, 0.1) is 0 Å². The van der Waals surface area contributed by atoms with Crippen LogP contribution in [-0.4, -0.2) is 11.0 Å². The van der Waals surface area contributed by atoms with Gasteiger partial charge in [-0.2, -0.15) is 0 Å². The Morgan fingerprint density at radius 3 is 2.56 bits per heavy atom. The fraction of sp³-hybridized carbons (Fsp3) is 0.105. The highest BCUT2D eigenvalue weighted by Gasteiger charge is 2.11. The Labute approximate surface area is 158 Å². The first-order chi connectivity index (χ1) is 12.0. The van der Waals surface area contributed by atoms with Gasteiger partial charge in [0.1, 0.15) is 18.1 Å². The Hall–Kier alpha value is -2.08. The van der Waals surface area contributed by atoms with Crippen LogP contribution in [0.25, 0.3) is 11.3 Å². The average molecular weight is 421 g/mol. The van der Waals surface area contributed by atoms with Gasteiger partial charge in [-0.25, -0.2) is 0 Å². The van der Waals surface area contributed by atoms with Gasteiger partial charge in [0, 0.05) is 15.7 Å². The number of aliphatic hydroxyl groups excluding tert-OH is 1. The number of hydrogen-bond acceptors (Lipinski definition) is 3. The van der Waals surface area contributed by atoms with E-state index in [9.17, 15) is 4.79 Å². The average Bonchev–Trinajstić information content (AvgIpc) is 3.07. The quantitative estimate of drug-likeness (QED) is 0.608. The molecule has 1 amide bonds. The van der Waals surface area contributed by atoms with E-state index in [0.717, 1.165) is 10.0 Å². The lowest BCUT2D eigenvalue weighted by Gasteiger charge is -2.08. The number of furan rings is 1. The van der Waals surface area contributed by atoms with E-state index in [0.29, 0.717) is 27.8 Å². The second-order valence-corrected chi connectivity index (χ2v) is 6.79. The van der Waals surface area contributed by atoms with Gasteiger partial charge >= 0.3 is 0 Å². The van der Waals surface area contributed by atoms with Crippen molar-refractivity contribution in [2.24, 2.45) is 0 Å². The topological polar surface area (TPSA) is 62.5 Å². The van der Waals surface area contributed by atoms with E-state index < -0.39 is 0 Å². The maximum Gasteiger partial charge on any atom is 0.228 e. The summed E-state index contributed by atoms with van der Waals surface area (Å²) in [4.78, 5) is 12.2. The van der Waals surface area contributed by atoms with Gasteiger partial charge in [0.05, 0.1) is 11.4 Å². The second kappa shape index (κ2) is 7.87. The second-order valence-electron chi connectivity index (χ2n) is 5.47. The highest BCUT2D eigenvalue weighted by molar-refractivity contribution is 9.10. The van der Waals surface area contributed by atoms with E-state index in [-0.39, 0.29) is 18.9 Å². The molecule has 0 aliphatic heterocycles. The number of hydrogen-bond donors (Lipinski definition) is 2. The molecular weight excluding hydrogens is 406 g/mol. The Morgan fingerprint density at radius 2 is 1.88 bits per heavy atom. The number of carbonyl (C=O) groups excluding carboxylic acids is 1. The summed E-state index contributed by atoms with van der Waals surface area (Å²) in [6.07, 6.45) is 0.278. The molecule has 1 heterocycles. The summed E-state index contributed by atoms with van der Waals surface area (Å²) in [6.45, 7) is -0.179. The molecule has 25 heavy (non-hydrogen) atoms. The van der Waals surface area contributed by atoms with Crippen molar-refractivity contribution >= 4 is 39.1 Å². The summed E-state index contributed by atoms with van der Waals surface area (Å²) in [5.74, 6) is 0.875. The molecule has 2 N–H and O–H groups in total. The van der Waals surface area contributed by atoms with Crippen LogP contribution < -0.4 is 5.32 Å². The van der Waals surface area contributed by atoms with Crippen LogP contribution in [0.15, 0.2) is 63.5 Å². The molecule has 0 fully saturated rings. The van der Waals surface area contributed by atoms with Crippen molar-refractivity contribution in [3.63, 3.8) is 0 Å². The molecule has 0 atom stereocenters. The van der Waals surface area contributed by atoms with Gasteiger partial charge in [0.2, 0.25) is 5.91 Å². The van der Waals surface area contributed by atoms with Gasteiger partial charge in [-0.15, -0.1) is 0 Å². The molecule has 128 valence electrons. The molecule has 0 radical (unpaired) electrons. The van der Waals surface area contributed by atoms with Gasteiger partial charge in [-0.1, -0.05) is 39.7 Å². The minimum Gasteiger partial charge on any atom is -0.459 e. The summed E-state index contributed by atoms with van der Waals surface area (Å²) in [7, 11) is 0. The highest BCUT2D eigenvalue weighted by atomic mass is 79.9. The van der Waals surface area contributed by atoms with Gasteiger partial charge in [0.15, 0.2) is 0 Å². The third-order valence-corrected chi connectivity index (χ3v) is 4.47. The Kier molecular flexibility index (Phi) is 5.58. The monoisotopic (exact) mass is 419 g/mol. The van der Waals surface area contributed by atoms with Crippen LogP contribution in [0.4, 0.5) is 5.69 Å². The van der Waals surface area contributed by atoms with Crippen molar-refractivity contribution < 1.29 is 14.3 Å². The number of anilines is 1. The van der Waals surface area contributed by atoms with E-state index in [1.165, 1.54) is 0 Å². The minimum atomic E-state index is -0.179. The van der Waals surface area contributed by atoms with Crippen LogP contribution in [0.1, 0.15) is 11.3 Å². The number of amides is 1. The van der Waals surface area contributed by atoms with Crippen molar-refractivity contribution in [3.8, 4) is 11.3 Å². The van der Waals surface area contributed by atoms with Crippen LogP contribution in [0.5, 0.6) is 0 Å². The largest absolute Gasteiger partial charge is 0.459 e. The summed E-state index contributed by atoms with van der Waals surface area (Å²) in [5, 5.41) is 12.5. The van der Waals surface area contributed by atoms with Crippen LogP contribution in [-0.2, 0) is 17.8 Å².